The Labute approximate surface area is 154 Å². The molecular formula is C20H29N5O. The van der Waals surface area contributed by atoms with E-state index >= 15 is 0 Å². The van der Waals surface area contributed by atoms with E-state index in [1.54, 1.807) is 12.3 Å². The van der Waals surface area contributed by atoms with Crippen LogP contribution in [-0.4, -0.2) is 39.6 Å². The number of benzene rings is 1. The van der Waals surface area contributed by atoms with Crippen molar-refractivity contribution < 1.29 is 0 Å². The monoisotopic (exact) mass is 355 g/mol. The fourth-order valence-electron chi connectivity index (χ4n) is 3.76. The van der Waals surface area contributed by atoms with Gasteiger partial charge in [0.25, 0.3) is 0 Å². The maximum atomic E-state index is 11.9. The highest BCUT2D eigenvalue weighted by atomic mass is 16.1. The average Bonchev–Trinajstić information content (AvgIpc) is 2.58. The predicted octanol–water partition coefficient (Wildman–Crippen LogP) is 1.80. The van der Waals surface area contributed by atoms with E-state index in [1.807, 2.05) is 12.1 Å². The van der Waals surface area contributed by atoms with Gasteiger partial charge in [-0.3, -0.25) is 4.57 Å². The Hall–Kier alpha value is -2.18. The zero-order valence-corrected chi connectivity index (χ0v) is 15.6. The van der Waals surface area contributed by atoms with Crippen LogP contribution in [-0.2, 0) is 6.42 Å². The number of likely N-dealkylation sites (N-methyl/N-ethyl adjacent to an activating group) is 1. The molecule has 3 rings (SSSR count). The molecule has 1 saturated carbocycles. The van der Waals surface area contributed by atoms with Gasteiger partial charge in [-0.25, -0.2) is 4.79 Å². The predicted molar refractivity (Wildman–Crippen MR) is 105 cm³/mol. The maximum Gasteiger partial charge on any atom is 0.354 e. The van der Waals surface area contributed by atoms with Gasteiger partial charge in [0.05, 0.1) is 5.69 Å². The number of nitrogen functional groups attached to an aromatic ring is 1. The average molecular weight is 355 g/mol. The van der Waals surface area contributed by atoms with Crippen molar-refractivity contribution in [3.05, 3.63) is 52.6 Å². The molecule has 0 bridgehead atoms. The number of hydrogen-bond acceptors (Lipinski definition) is 5. The molecule has 26 heavy (non-hydrogen) atoms. The topological polar surface area (TPSA) is 90.2 Å². The zero-order valence-electron chi connectivity index (χ0n) is 15.6. The molecule has 140 valence electrons. The Morgan fingerprint density at radius 2 is 1.96 bits per heavy atom. The van der Waals surface area contributed by atoms with Crippen LogP contribution in [0, 0.1) is 5.92 Å². The number of rotatable bonds is 7. The number of aromatic nitrogens is 2. The van der Waals surface area contributed by atoms with E-state index in [2.05, 4.69) is 35.9 Å². The van der Waals surface area contributed by atoms with Gasteiger partial charge in [-0.2, -0.15) is 4.98 Å². The molecule has 0 aliphatic heterocycles. The molecule has 1 unspecified atom stereocenters. The molecule has 0 saturated heterocycles. The molecule has 6 nitrogen and oxygen atoms in total. The van der Waals surface area contributed by atoms with Crippen molar-refractivity contribution in [1.29, 1.82) is 0 Å². The summed E-state index contributed by atoms with van der Waals surface area (Å²) in [5.41, 5.74) is 13.2. The zero-order chi connectivity index (χ0) is 18.7. The van der Waals surface area contributed by atoms with Gasteiger partial charge in [-0.15, -0.1) is 0 Å². The second-order valence-corrected chi connectivity index (χ2v) is 7.41. The van der Waals surface area contributed by atoms with Gasteiger partial charge < -0.3 is 16.4 Å². The van der Waals surface area contributed by atoms with Gasteiger partial charge in [-0.05, 0) is 62.4 Å². The van der Waals surface area contributed by atoms with Gasteiger partial charge in [0.1, 0.15) is 5.82 Å². The van der Waals surface area contributed by atoms with E-state index in [0.29, 0.717) is 12.1 Å². The van der Waals surface area contributed by atoms with Crippen LogP contribution in [0.2, 0.25) is 0 Å². The molecule has 2 aromatic rings. The van der Waals surface area contributed by atoms with E-state index in [9.17, 15) is 4.79 Å². The normalized spacial score (nSPS) is 20.8. The van der Waals surface area contributed by atoms with Crippen LogP contribution in [0.15, 0.2) is 41.3 Å². The fourth-order valence-corrected chi connectivity index (χ4v) is 3.76. The second kappa shape index (κ2) is 8.01. The molecule has 0 amide bonds. The smallest absolute Gasteiger partial charge is 0.354 e. The van der Waals surface area contributed by atoms with Crippen molar-refractivity contribution >= 4 is 5.82 Å². The number of nitrogens with two attached hydrogens (primary N) is 2. The summed E-state index contributed by atoms with van der Waals surface area (Å²) in [7, 11) is 0. The summed E-state index contributed by atoms with van der Waals surface area (Å²) in [6.07, 6.45) is 4.96. The molecule has 0 spiro atoms. The molecule has 1 aliphatic rings. The van der Waals surface area contributed by atoms with Crippen LogP contribution in [0.4, 0.5) is 5.82 Å². The van der Waals surface area contributed by atoms with Gasteiger partial charge in [0.2, 0.25) is 0 Å². The Morgan fingerprint density at radius 1 is 1.27 bits per heavy atom. The molecule has 1 heterocycles. The third kappa shape index (κ3) is 4.31. The molecule has 1 fully saturated rings. The molecule has 1 atom stereocenters. The third-order valence-electron chi connectivity index (χ3n) is 5.37. The highest BCUT2D eigenvalue weighted by Crippen LogP contribution is 2.27. The van der Waals surface area contributed by atoms with Crippen molar-refractivity contribution in [3.8, 4) is 5.69 Å². The van der Waals surface area contributed by atoms with Crippen molar-refractivity contribution in [2.45, 2.75) is 45.2 Å². The molecule has 1 aliphatic carbocycles. The first kappa shape index (κ1) is 18.6. The van der Waals surface area contributed by atoms with E-state index in [4.69, 9.17) is 11.5 Å². The first-order valence-corrected chi connectivity index (χ1v) is 9.40. The molecule has 6 heteroatoms. The van der Waals surface area contributed by atoms with Crippen LogP contribution in [0.1, 0.15) is 32.3 Å². The van der Waals surface area contributed by atoms with Crippen molar-refractivity contribution in [1.82, 2.24) is 14.5 Å². The Kier molecular flexibility index (Phi) is 5.74. The van der Waals surface area contributed by atoms with Gasteiger partial charge in [0.15, 0.2) is 0 Å². The standard InChI is InChI=1S/C20H29N5O/c1-3-24(13-16-11-17(21)12-16)14(2)10-15-4-6-18(7-5-15)25-9-8-19(22)23-20(25)26/h4-9,14,16-17H,3,10-13,21H2,1-2H3,(H2,22,23,26)/t14?,16-,17-. The summed E-state index contributed by atoms with van der Waals surface area (Å²) in [6, 6.07) is 10.6. The quantitative estimate of drug-likeness (QED) is 0.790. The highest BCUT2D eigenvalue weighted by Gasteiger charge is 2.28. The maximum absolute atomic E-state index is 11.9. The first-order chi connectivity index (χ1) is 12.5. The largest absolute Gasteiger partial charge is 0.383 e. The van der Waals surface area contributed by atoms with Gasteiger partial charge in [-0.1, -0.05) is 19.1 Å². The lowest BCUT2D eigenvalue weighted by Gasteiger charge is -2.38. The second-order valence-electron chi connectivity index (χ2n) is 7.41. The number of anilines is 1. The molecule has 0 radical (unpaired) electrons. The van der Waals surface area contributed by atoms with E-state index in [1.165, 1.54) is 10.1 Å². The van der Waals surface area contributed by atoms with Crippen LogP contribution >= 0.6 is 0 Å². The highest BCUT2D eigenvalue weighted by molar-refractivity contribution is 5.36. The van der Waals surface area contributed by atoms with Crippen molar-refractivity contribution in [3.63, 3.8) is 0 Å². The Balaban J connectivity index is 1.63. The number of hydrogen-bond donors (Lipinski definition) is 2. The molecule has 1 aromatic heterocycles. The van der Waals surface area contributed by atoms with E-state index in [-0.39, 0.29) is 11.5 Å². The minimum Gasteiger partial charge on any atom is -0.383 e. The summed E-state index contributed by atoms with van der Waals surface area (Å²) in [6.45, 7) is 6.69. The SMILES string of the molecule is CCN(C[C@H]1C[C@H](N)C1)C(C)Cc1ccc(-n2ccc(N)nc2=O)cc1. The van der Waals surface area contributed by atoms with Gasteiger partial charge >= 0.3 is 5.69 Å². The Bertz CT molecular complexity index is 780. The summed E-state index contributed by atoms with van der Waals surface area (Å²) < 4.78 is 1.50. The van der Waals surface area contributed by atoms with E-state index < -0.39 is 0 Å². The summed E-state index contributed by atoms with van der Waals surface area (Å²) in [4.78, 5) is 18.3. The van der Waals surface area contributed by atoms with Crippen molar-refractivity contribution in [2.24, 2.45) is 11.7 Å². The molecule has 4 N–H and O–H groups in total. The lowest BCUT2D eigenvalue weighted by atomic mass is 9.80. The summed E-state index contributed by atoms with van der Waals surface area (Å²) >= 11 is 0. The summed E-state index contributed by atoms with van der Waals surface area (Å²) in [5.74, 6) is 0.989. The minimum atomic E-state index is -0.359. The fraction of sp³-hybridized carbons (Fsp3) is 0.500. The lowest BCUT2D eigenvalue weighted by Crippen LogP contribution is -2.45. The van der Waals surface area contributed by atoms with E-state index in [0.717, 1.165) is 44.0 Å². The van der Waals surface area contributed by atoms with Crippen molar-refractivity contribution in [2.75, 3.05) is 18.8 Å². The molecule has 1 aromatic carbocycles. The van der Waals surface area contributed by atoms with Crippen LogP contribution in [0.5, 0.6) is 0 Å². The summed E-state index contributed by atoms with van der Waals surface area (Å²) in [5, 5.41) is 0. The minimum absolute atomic E-state index is 0.240. The molecular weight excluding hydrogens is 326 g/mol. The third-order valence-corrected chi connectivity index (χ3v) is 5.37. The van der Waals surface area contributed by atoms with Crippen LogP contribution in [0.25, 0.3) is 5.69 Å². The Morgan fingerprint density at radius 3 is 2.54 bits per heavy atom. The number of nitrogens with zero attached hydrogens (tertiary/aromatic N) is 3. The van der Waals surface area contributed by atoms with Crippen LogP contribution < -0.4 is 17.2 Å². The van der Waals surface area contributed by atoms with Crippen LogP contribution in [0.3, 0.4) is 0 Å². The lowest BCUT2D eigenvalue weighted by molar-refractivity contribution is 0.132. The van der Waals surface area contributed by atoms with Gasteiger partial charge in [0, 0.05) is 24.8 Å². The first-order valence-electron chi connectivity index (χ1n) is 9.40.